The Labute approximate surface area is 222 Å². The van der Waals surface area contributed by atoms with Gasteiger partial charge in [-0.15, -0.1) is 0 Å². The summed E-state index contributed by atoms with van der Waals surface area (Å²) in [5, 5.41) is 0. The number of imidazole rings is 1. The number of esters is 2. The first kappa shape index (κ1) is 26.1. The molecule has 1 aliphatic rings. The van der Waals surface area contributed by atoms with Crippen LogP contribution in [-0.2, 0) is 18.9 Å². The summed E-state index contributed by atoms with van der Waals surface area (Å²) in [6.07, 6.45) is -0.635. The van der Waals surface area contributed by atoms with Gasteiger partial charge in [-0.2, -0.15) is 4.98 Å². The molecule has 0 spiro atoms. The number of rotatable bonds is 7. The maximum absolute atomic E-state index is 13.2. The summed E-state index contributed by atoms with van der Waals surface area (Å²) >= 11 is 0. The summed E-state index contributed by atoms with van der Waals surface area (Å²) in [7, 11) is 1.37. The van der Waals surface area contributed by atoms with E-state index >= 15 is 0 Å². The molecule has 1 aliphatic heterocycles. The average molecular weight is 534 g/mol. The molecular formula is C27H27N5O7. The van der Waals surface area contributed by atoms with E-state index in [4.69, 9.17) is 24.7 Å². The highest BCUT2D eigenvalue weighted by Gasteiger charge is 2.64. The number of fused-ring (bicyclic) bond motifs is 1. The molecule has 0 aliphatic carbocycles. The normalized spacial score (nSPS) is 22.0. The predicted molar refractivity (Wildman–Crippen MR) is 139 cm³/mol. The van der Waals surface area contributed by atoms with Crippen LogP contribution in [0.15, 0.2) is 71.8 Å². The van der Waals surface area contributed by atoms with Crippen LogP contribution in [0.2, 0.25) is 0 Å². The Kier molecular flexibility index (Phi) is 6.66. The van der Waals surface area contributed by atoms with Crippen molar-refractivity contribution >= 4 is 29.1 Å². The molecule has 12 nitrogen and oxygen atoms in total. The van der Waals surface area contributed by atoms with Crippen molar-refractivity contribution in [1.29, 1.82) is 0 Å². The minimum atomic E-state index is -1.73. The number of H-pyrrole nitrogens is 1. The van der Waals surface area contributed by atoms with Crippen LogP contribution in [0.25, 0.3) is 11.2 Å². The van der Waals surface area contributed by atoms with Gasteiger partial charge in [-0.25, -0.2) is 14.6 Å². The second kappa shape index (κ2) is 9.97. The third-order valence-electron chi connectivity index (χ3n) is 6.72. The second-order valence-corrected chi connectivity index (χ2v) is 9.68. The molecule has 0 amide bonds. The summed E-state index contributed by atoms with van der Waals surface area (Å²) < 4.78 is 25.4. The van der Waals surface area contributed by atoms with Crippen LogP contribution in [0, 0.1) is 5.41 Å². The fraction of sp³-hybridized carbons (Fsp3) is 0.296. The van der Waals surface area contributed by atoms with Gasteiger partial charge in [0.15, 0.2) is 17.3 Å². The lowest BCUT2D eigenvalue weighted by Gasteiger charge is -2.35. The maximum atomic E-state index is 13.2. The van der Waals surface area contributed by atoms with Gasteiger partial charge in [0.1, 0.15) is 12.8 Å². The number of hydrogen-bond donors (Lipinski definition) is 2. The van der Waals surface area contributed by atoms with E-state index in [0.29, 0.717) is 11.1 Å². The number of aromatic amines is 1. The van der Waals surface area contributed by atoms with Crippen LogP contribution in [0.5, 0.6) is 0 Å². The molecule has 0 radical (unpaired) electrons. The van der Waals surface area contributed by atoms with Crippen LogP contribution >= 0.6 is 0 Å². The van der Waals surface area contributed by atoms with Gasteiger partial charge in [0.05, 0.1) is 22.9 Å². The molecule has 0 saturated carbocycles. The number of nitrogen functional groups attached to an aromatic ring is 1. The van der Waals surface area contributed by atoms with Gasteiger partial charge in [0.25, 0.3) is 5.56 Å². The highest BCUT2D eigenvalue weighted by Crippen LogP contribution is 2.52. The molecule has 39 heavy (non-hydrogen) atoms. The molecule has 12 heteroatoms. The number of nitrogens with two attached hydrogens (primary N) is 1. The Bertz CT molecular complexity index is 1570. The number of benzene rings is 2. The molecule has 2 aromatic heterocycles. The van der Waals surface area contributed by atoms with Crippen molar-refractivity contribution < 1.29 is 28.5 Å². The van der Waals surface area contributed by atoms with Crippen LogP contribution < -0.4 is 11.3 Å². The minimum Gasteiger partial charge on any atom is -0.456 e. The van der Waals surface area contributed by atoms with Gasteiger partial charge >= 0.3 is 11.9 Å². The summed E-state index contributed by atoms with van der Waals surface area (Å²) in [6.45, 7) is 3.18. The van der Waals surface area contributed by atoms with E-state index in [1.807, 2.05) is 0 Å². The molecule has 1 saturated heterocycles. The minimum absolute atomic E-state index is 0.0480. The summed E-state index contributed by atoms with van der Waals surface area (Å²) in [6, 6.07) is 16.9. The van der Waals surface area contributed by atoms with E-state index in [1.165, 1.54) is 18.0 Å². The Hall–Kier alpha value is -4.55. The summed E-state index contributed by atoms with van der Waals surface area (Å²) in [5.74, 6) is -3.07. The summed E-state index contributed by atoms with van der Waals surface area (Å²) in [4.78, 5) is 49.3. The Morgan fingerprint density at radius 1 is 1.05 bits per heavy atom. The first-order chi connectivity index (χ1) is 18.7. The van der Waals surface area contributed by atoms with Crippen molar-refractivity contribution in [3.05, 3.63) is 88.5 Å². The van der Waals surface area contributed by atoms with Crippen LogP contribution in [0.1, 0.15) is 40.8 Å². The van der Waals surface area contributed by atoms with Crippen LogP contribution in [0.3, 0.4) is 0 Å². The number of nitrogens with zero attached hydrogens (tertiary/aromatic N) is 3. The second-order valence-electron chi connectivity index (χ2n) is 9.68. The van der Waals surface area contributed by atoms with Crippen molar-refractivity contribution in [3.63, 3.8) is 0 Å². The van der Waals surface area contributed by atoms with E-state index in [0.717, 1.165) is 0 Å². The lowest BCUT2D eigenvalue weighted by atomic mass is 9.83. The van der Waals surface area contributed by atoms with E-state index in [-0.39, 0.29) is 17.1 Å². The molecule has 1 unspecified atom stereocenters. The van der Waals surface area contributed by atoms with Crippen molar-refractivity contribution in [2.75, 3.05) is 19.5 Å². The van der Waals surface area contributed by atoms with Gasteiger partial charge < -0.3 is 24.7 Å². The zero-order valence-electron chi connectivity index (χ0n) is 21.5. The number of hydrogen-bond acceptors (Lipinski definition) is 10. The molecule has 202 valence electrons. The van der Waals surface area contributed by atoms with Gasteiger partial charge in [-0.3, -0.25) is 14.3 Å². The first-order valence-corrected chi connectivity index (χ1v) is 12.1. The molecule has 1 fully saturated rings. The molecule has 4 aromatic rings. The third kappa shape index (κ3) is 4.64. The molecule has 5 rings (SSSR count). The smallest absolute Gasteiger partial charge is 0.338 e. The van der Waals surface area contributed by atoms with E-state index in [1.54, 1.807) is 74.5 Å². The number of ether oxygens (including phenoxy) is 4. The van der Waals surface area contributed by atoms with E-state index in [2.05, 4.69) is 15.0 Å². The van der Waals surface area contributed by atoms with Crippen molar-refractivity contribution in [2.24, 2.45) is 5.41 Å². The zero-order chi connectivity index (χ0) is 27.8. The highest BCUT2D eigenvalue weighted by molar-refractivity contribution is 5.90. The number of carbonyl (C=O) groups excluding carboxylic acids is 2. The third-order valence-corrected chi connectivity index (χ3v) is 6.72. The number of carbonyl (C=O) groups is 2. The number of methoxy groups -OCH3 is 1. The molecule has 3 heterocycles. The van der Waals surface area contributed by atoms with E-state index in [9.17, 15) is 14.4 Å². The number of aromatic nitrogens is 4. The molecular weight excluding hydrogens is 506 g/mol. The predicted octanol–water partition coefficient (Wildman–Crippen LogP) is 2.68. The van der Waals surface area contributed by atoms with Crippen molar-refractivity contribution in [1.82, 2.24) is 19.5 Å². The Morgan fingerprint density at radius 2 is 1.67 bits per heavy atom. The number of nitrogens with one attached hydrogen (secondary N) is 1. The lowest BCUT2D eigenvalue weighted by Crippen LogP contribution is -2.52. The first-order valence-electron chi connectivity index (χ1n) is 12.1. The highest BCUT2D eigenvalue weighted by atomic mass is 16.8. The van der Waals surface area contributed by atoms with E-state index < -0.39 is 47.6 Å². The van der Waals surface area contributed by atoms with Gasteiger partial charge in [-0.05, 0) is 24.3 Å². The van der Waals surface area contributed by atoms with Gasteiger partial charge in [0, 0.05) is 7.11 Å². The molecule has 3 N–H and O–H groups in total. The van der Waals surface area contributed by atoms with Gasteiger partial charge in [0.2, 0.25) is 11.7 Å². The summed E-state index contributed by atoms with van der Waals surface area (Å²) in [5.41, 5.74) is 5.11. The van der Waals surface area contributed by atoms with Crippen molar-refractivity contribution in [2.45, 2.75) is 32.0 Å². The van der Waals surface area contributed by atoms with Crippen LogP contribution in [-0.4, -0.2) is 57.1 Å². The fourth-order valence-corrected chi connectivity index (χ4v) is 4.77. The SMILES string of the molecule is COC1(COC(=O)c2ccccc2)O[C@@H](n2cnc3c(=O)[nH]c(N)nc32)C(C)(C)[C@@H]1OC(=O)c1ccccc1. The van der Waals surface area contributed by atoms with Gasteiger partial charge in [-0.1, -0.05) is 50.2 Å². The zero-order valence-corrected chi connectivity index (χ0v) is 21.5. The fourth-order valence-electron chi connectivity index (χ4n) is 4.77. The largest absolute Gasteiger partial charge is 0.456 e. The average Bonchev–Trinajstić information content (AvgIpc) is 3.45. The molecule has 0 bridgehead atoms. The Balaban J connectivity index is 1.55. The quantitative estimate of drug-likeness (QED) is 0.338. The molecule has 2 aromatic carbocycles. The van der Waals surface area contributed by atoms with Crippen molar-refractivity contribution in [3.8, 4) is 0 Å². The standard InChI is InChI=1S/C27H27N5O7/c1-26(2)23(38-22(35)17-12-8-5-9-13-17)27(36-3,14-37-21(34)16-10-6-4-7-11-16)39-24(26)32-15-29-18-19(32)30-25(28)31-20(18)33/h4-13,15,23-24H,14H2,1-3H3,(H3,28,30,31,33)/t23-,24+,27?/m0/s1. The maximum Gasteiger partial charge on any atom is 0.338 e. The van der Waals surface area contributed by atoms with Crippen LogP contribution in [0.4, 0.5) is 5.95 Å². The lowest BCUT2D eigenvalue weighted by molar-refractivity contribution is -0.268. The number of anilines is 1. The molecule has 3 atom stereocenters. The topological polar surface area (TPSA) is 161 Å². The monoisotopic (exact) mass is 533 g/mol. The Morgan fingerprint density at radius 3 is 2.28 bits per heavy atom.